The van der Waals surface area contributed by atoms with Gasteiger partial charge in [0.1, 0.15) is 5.82 Å². The Labute approximate surface area is 161 Å². The van der Waals surface area contributed by atoms with Crippen molar-refractivity contribution in [3.8, 4) is 0 Å². The highest BCUT2D eigenvalue weighted by molar-refractivity contribution is 5.92. The summed E-state index contributed by atoms with van der Waals surface area (Å²) in [7, 11) is 0. The van der Waals surface area contributed by atoms with Crippen LogP contribution in [-0.4, -0.2) is 16.4 Å². The number of benzene rings is 1. The summed E-state index contributed by atoms with van der Waals surface area (Å²) in [6.45, 7) is 4.86. The molecule has 0 saturated heterocycles. The first-order valence-electron chi connectivity index (χ1n) is 9.75. The number of rotatable bonds is 6. The van der Waals surface area contributed by atoms with E-state index < -0.39 is 0 Å². The van der Waals surface area contributed by atoms with Crippen LogP contribution in [0.3, 0.4) is 0 Å². The summed E-state index contributed by atoms with van der Waals surface area (Å²) in [6, 6.07) is 13.9. The molecule has 1 heterocycles. The van der Waals surface area contributed by atoms with Crippen LogP contribution in [0.15, 0.2) is 48.7 Å². The first kappa shape index (κ1) is 19.4. The molecular formula is C22H30N4O. The van der Waals surface area contributed by atoms with Crippen molar-refractivity contribution in [1.82, 2.24) is 4.98 Å². The number of nitrogens with one attached hydrogen (secondary N) is 2. The fourth-order valence-corrected chi connectivity index (χ4v) is 3.74. The summed E-state index contributed by atoms with van der Waals surface area (Å²) in [5, 5.41) is 6.35. The predicted octanol–water partition coefficient (Wildman–Crippen LogP) is 4.18. The first-order valence-corrected chi connectivity index (χ1v) is 9.75. The first-order chi connectivity index (χ1) is 12.9. The molecule has 3 rings (SSSR count). The van der Waals surface area contributed by atoms with Gasteiger partial charge in [0.2, 0.25) is 5.91 Å². The Kier molecular flexibility index (Phi) is 6.11. The third-order valence-corrected chi connectivity index (χ3v) is 5.49. The lowest BCUT2D eigenvalue weighted by Gasteiger charge is -2.36. The molecule has 27 heavy (non-hydrogen) atoms. The number of carbonyl (C=O) groups is 1. The van der Waals surface area contributed by atoms with Crippen molar-refractivity contribution in [3.05, 3.63) is 54.2 Å². The van der Waals surface area contributed by atoms with Gasteiger partial charge in [-0.25, -0.2) is 4.98 Å². The van der Waals surface area contributed by atoms with Crippen LogP contribution in [0.5, 0.6) is 0 Å². The van der Waals surface area contributed by atoms with E-state index in [1.54, 1.807) is 6.20 Å². The van der Waals surface area contributed by atoms with Gasteiger partial charge in [-0.3, -0.25) is 4.79 Å². The van der Waals surface area contributed by atoms with Crippen LogP contribution in [0.4, 0.5) is 11.5 Å². The van der Waals surface area contributed by atoms with Gasteiger partial charge in [-0.05, 0) is 57.1 Å². The molecule has 1 amide bonds. The monoisotopic (exact) mass is 366 g/mol. The summed E-state index contributed by atoms with van der Waals surface area (Å²) in [6.07, 6.45) is 5.56. The molecule has 144 valence electrons. The molecule has 1 saturated carbocycles. The van der Waals surface area contributed by atoms with Crippen molar-refractivity contribution >= 4 is 17.4 Å². The molecule has 0 aliphatic heterocycles. The second-order valence-corrected chi connectivity index (χ2v) is 8.13. The van der Waals surface area contributed by atoms with Crippen molar-refractivity contribution in [2.45, 2.75) is 51.6 Å². The molecular weight excluding hydrogens is 336 g/mol. The average Bonchev–Trinajstić information content (AvgIpc) is 2.67. The zero-order chi connectivity index (χ0) is 19.3. The molecule has 0 atom stereocenters. The Morgan fingerprint density at radius 1 is 1.15 bits per heavy atom. The number of aromatic nitrogens is 1. The molecule has 1 aromatic heterocycles. The van der Waals surface area contributed by atoms with Crippen molar-refractivity contribution in [2.75, 3.05) is 10.6 Å². The second kappa shape index (κ2) is 8.53. The molecule has 5 heteroatoms. The topological polar surface area (TPSA) is 80.0 Å². The summed E-state index contributed by atoms with van der Waals surface area (Å²) < 4.78 is 0. The molecule has 0 radical (unpaired) electrons. The molecule has 5 nitrogen and oxygen atoms in total. The zero-order valence-corrected chi connectivity index (χ0v) is 16.2. The van der Waals surface area contributed by atoms with Crippen LogP contribution in [0.25, 0.3) is 0 Å². The average molecular weight is 367 g/mol. The molecule has 1 fully saturated rings. The fourth-order valence-electron chi connectivity index (χ4n) is 3.74. The minimum absolute atomic E-state index is 0.0671. The lowest BCUT2D eigenvalue weighted by Crippen LogP contribution is -2.43. The van der Waals surface area contributed by atoms with Gasteiger partial charge in [-0.1, -0.05) is 30.3 Å². The Morgan fingerprint density at radius 3 is 2.52 bits per heavy atom. The number of nitrogens with zero attached hydrogens (tertiary/aromatic N) is 1. The van der Waals surface area contributed by atoms with Crippen molar-refractivity contribution in [3.63, 3.8) is 0 Å². The Hall–Kier alpha value is -2.40. The Morgan fingerprint density at radius 2 is 1.85 bits per heavy atom. The third kappa shape index (κ3) is 5.54. The van der Waals surface area contributed by atoms with Crippen LogP contribution in [0.2, 0.25) is 0 Å². The second-order valence-electron chi connectivity index (χ2n) is 8.13. The summed E-state index contributed by atoms with van der Waals surface area (Å²) in [4.78, 5) is 17.0. The van der Waals surface area contributed by atoms with E-state index in [4.69, 9.17) is 5.73 Å². The van der Waals surface area contributed by atoms with Gasteiger partial charge < -0.3 is 16.4 Å². The maximum Gasteiger partial charge on any atom is 0.227 e. The van der Waals surface area contributed by atoms with E-state index in [0.29, 0.717) is 12.5 Å². The van der Waals surface area contributed by atoms with Gasteiger partial charge >= 0.3 is 0 Å². The fraction of sp³-hybridized carbons (Fsp3) is 0.455. The molecule has 4 N–H and O–H groups in total. The maximum atomic E-state index is 12.6. The van der Waals surface area contributed by atoms with E-state index >= 15 is 0 Å². The maximum absolute atomic E-state index is 12.6. The SMILES string of the molecule is CC(C)(N)C1CCC(C(=O)Nc2ccnc(NCc3ccccc3)c2)CC1. The number of hydrogen-bond donors (Lipinski definition) is 3. The van der Waals surface area contributed by atoms with Crippen molar-refractivity contribution in [2.24, 2.45) is 17.6 Å². The number of nitrogens with two attached hydrogens (primary N) is 1. The van der Waals surface area contributed by atoms with Crippen LogP contribution >= 0.6 is 0 Å². The van der Waals surface area contributed by atoms with Crippen LogP contribution < -0.4 is 16.4 Å². The number of anilines is 2. The number of carbonyl (C=O) groups excluding carboxylic acids is 1. The number of hydrogen-bond acceptors (Lipinski definition) is 4. The van der Waals surface area contributed by atoms with Gasteiger partial charge in [-0.2, -0.15) is 0 Å². The van der Waals surface area contributed by atoms with Gasteiger partial charge in [0, 0.05) is 36.0 Å². The largest absolute Gasteiger partial charge is 0.366 e. The zero-order valence-electron chi connectivity index (χ0n) is 16.2. The summed E-state index contributed by atoms with van der Waals surface area (Å²) in [5.41, 5.74) is 8.04. The lowest BCUT2D eigenvalue weighted by molar-refractivity contribution is -0.121. The molecule has 2 aromatic rings. The molecule has 0 unspecified atom stereocenters. The lowest BCUT2D eigenvalue weighted by atomic mass is 9.73. The van der Waals surface area contributed by atoms with Gasteiger partial charge in [0.25, 0.3) is 0 Å². The van der Waals surface area contributed by atoms with Crippen molar-refractivity contribution < 1.29 is 4.79 Å². The molecule has 1 aliphatic carbocycles. The minimum atomic E-state index is -0.161. The van der Waals surface area contributed by atoms with E-state index in [-0.39, 0.29) is 17.4 Å². The van der Waals surface area contributed by atoms with Crippen molar-refractivity contribution in [1.29, 1.82) is 0 Å². The Bertz CT molecular complexity index is 746. The highest BCUT2D eigenvalue weighted by Crippen LogP contribution is 2.34. The van der Waals surface area contributed by atoms with E-state index in [0.717, 1.165) is 37.2 Å². The molecule has 0 spiro atoms. The Balaban J connectivity index is 1.52. The van der Waals surface area contributed by atoms with Gasteiger partial charge in [-0.15, -0.1) is 0 Å². The molecule has 1 aromatic carbocycles. The van der Waals surface area contributed by atoms with E-state index in [1.165, 1.54) is 5.56 Å². The quantitative estimate of drug-likeness (QED) is 0.716. The van der Waals surface area contributed by atoms with Gasteiger partial charge in [0.15, 0.2) is 0 Å². The number of pyridine rings is 1. The molecule has 0 bridgehead atoms. The summed E-state index contributed by atoms with van der Waals surface area (Å²) in [5.74, 6) is 1.42. The molecule has 1 aliphatic rings. The number of amides is 1. The van der Waals surface area contributed by atoms with E-state index in [2.05, 4.69) is 41.6 Å². The highest BCUT2D eigenvalue weighted by Gasteiger charge is 2.32. The standard InChI is InChI=1S/C22H30N4O/c1-22(2,23)18-10-8-17(9-11-18)21(27)26-19-12-13-24-20(14-19)25-15-16-6-4-3-5-7-16/h3-7,12-14,17-18H,8-11,15,23H2,1-2H3,(H2,24,25,26,27). The van der Waals surface area contributed by atoms with Crippen LogP contribution in [0, 0.1) is 11.8 Å². The third-order valence-electron chi connectivity index (χ3n) is 5.49. The van der Waals surface area contributed by atoms with Gasteiger partial charge in [0.05, 0.1) is 0 Å². The highest BCUT2D eigenvalue weighted by atomic mass is 16.1. The van der Waals surface area contributed by atoms with Crippen LogP contribution in [-0.2, 0) is 11.3 Å². The predicted molar refractivity (Wildman–Crippen MR) is 110 cm³/mol. The van der Waals surface area contributed by atoms with E-state index in [9.17, 15) is 4.79 Å². The van der Waals surface area contributed by atoms with Crippen LogP contribution in [0.1, 0.15) is 45.1 Å². The summed E-state index contributed by atoms with van der Waals surface area (Å²) >= 11 is 0. The van der Waals surface area contributed by atoms with E-state index in [1.807, 2.05) is 30.3 Å². The minimum Gasteiger partial charge on any atom is -0.366 e. The normalized spacial score (nSPS) is 20.1. The smallest absolute Gasteiger partial charge is 0.227 e.